The van der Waals surface area contributed by atoms with Crippen molar-refractivity contribution in [3.8, 4) is 0 Å². The molecule has 1 unspecified atom stereocenters. The molecule has 3 aromatic rings. The fourth-order valence-electron chi connectivity index (χ4n) is 2.26. The van der Waals surface area contributed by atoms with Crippen LogP contribution in [0.2, 0.25) is 0 Å². The summed E-state index contributed by atoms with van der Waals surface area (Å²) in [4.78, 5) is 16.5. The molecule has 0 saturated carbocycles. The summed E-state index contributed by atoms with van der Waals surface area (Å²) < 4.78 is 32.0. The Morgan fingerprint density at radius 3 is 2.38 bits per heavy atom. The van der Waals surface area contributed by atoms with E-state index in [2.05, 4.69) is 4.98 Å². The molecule has 0 aliphatic rings. The normalized spacial score (nSPS) is 11.8. The highest BCUT2D eigenvalue weighted by molar-refractivity contribution is 5.89. The molecule has 0 aliphatic heterocycles. The first-order valence-corrected chi connectivity index (χ1v) is 7.26. The van der Waals surface area contributed by atoms with E-state index in [-0.39, 0.29) is 5.56 Å². The van der Waals surface area contributed by atoms with Crippen LogP contribution in [-0.2, 0) is 4.74 Å². The Kier molecular flexibility index (Phi) is 4.61. The lowest BCUT2D eigenvalue weighted by atomic mass is 10.1. The van der Waals surface area contributed by atoms with E-state index in [1.807, 2.05) is 0 Å². The lowest BCUT2D eigenvalue weighted by Gasteiger charge is -2.18. The highest BCUT2D eigenvalue weighted by Crippen LogP contribution is 2.26. The van der Waals surface area contributed by atoms with Crippen molar-refractivity contribution in [1.82, 2.24) is 4.98 Å². The Bertz CT molecular complexity index is 836. The summed E-state index contributed by atoms with van der Waals surface area (Å²) in [6, 6.07) is 16.0. The van der Waals surface area contributed by atoms with Gasteiger partial charge >= 0.3 is 5.97 Å². The zero-order valence-electron chi connectivity index (χ0n) is 12.5. The fraction of sp³-hybridized carbons (Fsp3) is 0.0526. The third-order valence-corrected chi connectivity index (χ3v) is 3.41. The first kappa shape index (κ1) is 15.8. The molecule has 0 N–H and O–H groups in total. The molecule has 0 bridgehead atoms. The monoisotopic (exact) mass is 325 g/mol. The molecule has 0 aliphatic carbocycles. The van der Waals surface area contributed by atoms with E-state index in [1.165, 1.54) is 42.5 Å². The molecule has 1 heterocycles. The van der Waals surface area contributed by atoms with Crippen LogP contribution in [0.25, 0.3) is 0 Å². The maximum atomic E-state index is 13.5. The molecule has 1 atom stereocenters. The summed E-state index contributed by atoms with van der Waals surface area (Å²) >= 11 is 0. The summed E-state index contributed by atoms with van der Waals surface area (Å²) in [6.45, 7) is 0. The van der Waals surface area contributed by atoms with Gasteiger partial charge in [0.05, 0.1) is 11.3 Å². The average Bonchev–Trinajstić information content (AvgIpc) is 2.61. The maximum absolute atomic E-state index is 13.5. The molecule has 5 heteroatoms. The standard InChI is InChI=1S/C19H13F2NO2/c20-15-9-7-13(8-10-15)19(23)24-18(17-6-1-2-11-22-17)14-4-3-5-16(21)12-14/h1-12,18H. The third-order valence-electron chi connectivity index (χ3n) is 3.41. The minimum absolute atomic E-state index is 0.203. The number of carbonyl (C=O) groups is 1. The number of carbonyl (C=O) groups excluding carboxylic acids is 1. The van der Waals surface area contributed by atoms with Crippen molar-refractivity contribution in [2.45, 2.75) is 6.10 Å². The molecule has 0 fully saturated rings. The molecular formula is C19H13F2NO2. The SMILES string of the molecule is O=C(OC(c1cccc(F)c1)c1ccccn1)c1ccc(F)cc1. The number of ether oxygens (including phenoxy) is 1. The van der Waals surface area contributed by atoms with Gasteiger partial charge in [-0.3, -0.25) is 4.98 Å². The van der Waals surface area contributed by atoms with Crippen molar-refractivity contribution in [3.63, 3.8) is 0 Å². The number of rotatable bonds is 4. The van der Waals surface area contributed by atoms with E-state index in [1.54, 1.807) is 30.5 Å². The van der Waals surface area contributed by atoms with E-state index < -0.39 is 23.7 Å². The Balaban J connectivity index is 1.93. The number of hydrogen-bond donors (Lipinski definition) is 0. The summed E-state index contributed by atoms with van der Waals surface area (Å²) in [6.07, 6.45) is 0.701. The average molecular weight is 325 g/mol. The summed E-state index contributed by atoms with van der Waals surface area (Å²) in [5.74, 6) is -1.53. The van der Waals surface area contributed by atoms with Gasteiger partial charge in [-0.2, -0.15) is 0 Å². The van der Waals surface area contributed by atoms with E-state index in [4.69, 9.17) is 4.74 Å². The number of hydrogen-bond acceptors (Lipinski definition) is 3. The fourth-order valence-corrected chi connectivity index (χ4v) is 2.26. The van der Waals surface area contributed by atoms with E-state index in [0.29, 0.717) is 11.3 Å². The molecule has 120 valence electrons. The molecule has 24 heavy (non-hydrogen) atoms. The number of halogens is 2. The first-order valence-electron chi connectivity index (χ1n) is 7.26. The molecular weight excluding hydrogens is 312 g/mol. The second kappa shape index (κ2) is 7.00. The van der Waals surface area contributed by atoms with Crippen molar-refractivity contribution in [2.75, 3.05) is 0 Å². The van der Waals surface area contributed by atoms with Gasteiger partial charge in [-0.25, -0.2) is 13.6 Å². The zero-order valence-corrected chi connectivity index (χ0v) is 12.5. The minimum Gasteiger partial charge on any atom is -0.447 e. The van der Waals surface area contributed by atoms with Gasteiger partial charge in [0.1, 0.15) is 11.6 Å². The van der Waals surface area contributed by atoms with Crippen LogP contribution in [0.1, 0.15) is 27.7 Å². The quantitative estimate of drug-likeness (QED) is 0.671. The van der Waals surface area contributed by atoms with Crippen LogP contribution in [0, 0.1) is 11.6 Å². The number of benzene rings is 2. The van der Waals surface area contributed by atoms with Crippen LogP contribution in [-0.4, -0.2) is 11.0 Å². The minimum atomic E-state index is -0.862. The van der Waals surface area contributed by atoms with Crippen molar-refractivity contribution in [3.05, 3.63) is 101 Å². The molecule has 2 aromatic carbocycles. The van der Waals surface area contributed by atoms with Crippen molar-refractivity contribution in [1.29, 1.82) is 0 Å². The van der Waals surface area contributed by atoms with Gasteiger partial charge in [0.25, 0.3) is 0 Å². The van der Waals surface area contributed by atoms with Gasteiger partial charge in [-0.15, -0.1) is 0 Å². The second-order valence-electron chi connectivity index (χ2n) is 5.10. The zero-order chi connectivity index (χ0) is 16.9. The lowest BCUT2D eigenvalue weighted by molar-refractivity contribution is 0.0370. The smallest absolute Gasteiger partial charge is 0.339 e. The molecule has 0 spiro atoms. The van der Waals surface area contributed by atoms with Crippen LogP contribution in [0.3, 0.4) is 0 Å². The van der Waals surface area contributed by atoms with Gasteiger partial charge in [0.2, 0.25) is 0 Å². The van der Waals surface area contributed by atoms with Crippen molar-refractivity contribution >= 4 is 5.97 Å². The Hall–Kier alpha value is -3.08. The largest absolute Gasteiger partial charge is 0.447 e. The summed E-state index contributed by atoms with van der Waals surface area (Å²) in [5, 5.41) is 0. The Labute approximate surface area is 137 Å². The van der Waals surface area contributed by atoms with Gasteiger partial charge in [0.15, 0.2) is 6.10 Å². The molecule has 0 amide bonds. The number of pyridine rings is 1. The molecule has 3 rings (SSSR count). The molecule has 0 saturated heterocycles. The molecule has 0 radical (unpaired) electrons. The number of nitrogens with zero attached hydrogens (tertiary/aromatic N) is 1. The Morgan fingerprint density at radius 1 is 0.917 bits per heavy atom. The maximum Gasteiger partial charge on any atom is 0.339 e. The van der Waals surface area contributed by atoms with Crippen molar-refractivity contribution in [2.24, 2.45) is 0 Å². The van der Waals surface area contributed by atoms with Crippen LogP contribution in [0.15, 0.2) is 72.9 Å². The predicted octanol–water partition coefficient (Wildman–Crippen LogP) is 4.31. The van der Waals surface area contributed by atoms with Gasteiger partial charge in [0, 0.05) is 11.8 Å². The predicted molar refractivity (Wildman–Crippen MR) is 84.3 cm³/mol. The summed E-state index contributed by atoms with van der Waals surface area (Å²) in [5.41, 5.74) is 1.14. The second-order valence-corrected chi connectivity index (χ2v) is 5.10. The van der Waals surface area contributed by atoms with E-state index in [9.17, 15) is 13.6 Å². The topological polar surface area (TPSA) is 39.2 Å². The number of esters is 1. The Morgan fingerprint density at radius 2 is 1.71 bits per heavy atom. The summed E-state index contributed by atoms with van der Waals surface area (Å²) in [7, 11) is 0. The molecule has 1 aromatic heterocycles. The van der Waals surface area contributed by atoms with E-state index in [0.717, 1.165) is 0 Å². The van der Waals surface area contributed by atoms with Gasteiger partial charge in [-0.05, 0) is 48.5 Å². The van der Waals surface area contributed by atoms with Crippen LogP contribution in [0.4, 0.5) is 8.78 Å². The van der Waals surface area contributed by atoms with Gasteiger partial charge in [-0.1, -0.05) is 18.2 Å². The molecule has 3 nitrogen and oxygen atoms in total. The third kappa shape index (κ3) is 3.63. The first-order chi connectivity index (χ1) is 11.6. The highest BCUT2D eigenvalue weighted by atomic mass is 19.1. The van der Waals surface area contributed by atoms with E-state index >= 15 is 0 Å². The number of aromatic nitrogens is 1. The van der Waals surface area contributed by atoms with Crippen molar-refractivity contribution < 1.29 is 18.3 Å². The highest BCUT2D eigenvalue weighted by Gasteiger charge is 2.21. The van der Waals surface area contributed by atoms with Crippen LogP contribution < -0.4 is 0 Å². The van der Waals surface area contributed by atoms with Crippen LogP contribution in [0.5, 0.6) is 0 Å². The lowest BCUT2D eigenvalue weighted by Crippen LogP contribution is -2.14. The van der Waals surface area contributed by atoms with Crippen LogP contribution >= 0.6 is 0 Å². The van der Waals surface area contributed by atoms with Gasteiger partial charge < -0.3 is 4.74 Å².